The SMILES string of the molecule is Cc1c(Cl)ccc(S(=O)(=O)N(CCc2ccccc2)CC(=O)NCC(=O)N(CCCCN(C)C)Cc2ccc(CN=N)cc2)c1Cl. The summed E-state index contributed by atoms with van der Waals surface area (Å²) in [5.74, 6) is -0.888. The molecule has 3 aromatic carbocycles. The van der Waals surface area contributed by atoms with Gasteiger partial charge in [0.15, 0.2) is 0 Å². The molecule has 0 bridgehead atoms. The van der Waals surface area contributed by atoms with Gasteiger partial charge >= 0.3 is 0 Å². The van der Waals surface area contributed by atoms with Crippen molar-refractivity contribution >= 4 is 45.0 Å². The van der Waals surface area contributed by atoms with Crippen LogP contribution in [0.15, 0.2) is 76.7 Å². The van der Waals surface area contributed by atoms with E-state index in [2.05, 4.69) is 15.3 Å². The molecule has 3 aromatic rings. The first-order valence-electron chi connectivity index (χ1n) is 15.0. The van der Waals surface area contributed by atoms with Crippen molar-refractivity contribution in [1.29, 1.82) is 5.53 Å². The van der Waals surface area contributed by atoms with Gasteiger partial charge in [-0.05, 0) is 81.2 Å². The minimum Gasteiger partial charge on any atom is -0.346 e. The fraction of sp³-hybridized carbons (Fsp3) is 0.394. The van der Waals surface area contributed by atoms with Crippen LogP contribution in [0.2, 0.25) is 10.0 Å². The normalized spacial score (nSPS) is 11.5. The van der Waals surface area contributed by atoms with Gasteiger partial charge < -0.3 is 15.1 Å². The Kier molecular flexibility index (Phi) is 14.6. The van der Waals surface area contributed by atoms with Crippen molar-refractivity contribution in [3.05, 3.63) is 99.0 Å². The summed E-state index contributed by atoms with van der Waals surface area (Å²) in [6.07, 6.45) is 2.04. The standard InChI is InChI=1S/C33H42Cl2N6O4S/c1-25-29(34)15-16-30(33(25)35)46(44,45)41(20-17-26-9-5-4-6-10-26)24-31(42)37-22-32(43)40(19-8-7-18-39(2)3)23-28-13-11-27(12-14-28)21-38-36/h4-6,9-16,36H,7-8,17-24H2,1-3H3,(H,37,42). The smallest absolute Gasteiger partial charge is 0.245 e. The summed E-state index contributed by atoms with van der Waals surface area (Å²) in [6, 6.07) is 19.7. The van der Waals surface area contributed by atoms with Crippen LogP contribution in [0.25, 0.3) is 0 Å². The van der Waals surface area contributed by atoms with Gasteiger partial charge in [0.1, 0.15) is 4.90 Å². The Bertz CT molecular complexity index is 1570. The number of halogens is 2. The molecule has 0 spiro atoms. The zero-order valence-electron chi connectivity index (χ0n) is 26.5. The zero-order valence-corrected chi connectivity index (χ0v) is 28.8. The minimum atomic E-state index is -4.20. The molecule has 0 atom stereocenters. The first-order chi connectivity index (χ1) is 21.9. The summed E-state index contributed by atoms with van der Waals surface area (Å²) in [5.41, 5.74) is 10.2. The van der Waals surface area contributed by atoms with Gasteiger partial charge in [-0.15, -0.1) is 0 Å². The van der Waals surface area contributed by atoms with E-state index in [0.29, 0.717) is 36.6 Å². The lowest BCUT2D eigenvalue weighted by Crippen LogP contribution is -2.45. The highest BCUT2D eigenvalue weighted by Gasteiger charge is 2.30. The van der Waals surface area contributed by atoms with Crippen LogP contribution in [0.5, 0.6) is 0 Å². The molecule has 0 fully saturated rings. The van der Waals surface area contributed by atoms with E-state index in [-0.39, 0.29) is 28.9 Å². The van der Waals surface area contributed by atoms with Crippen LogP contribution in [-0.2, 0) is 39.1 Å². The van der Waals surface area contributed by atoms with E-state index >= 15 is 0 Å². The largest absolute Gasteiger partial charge is 0.346 e. The van der Waals surface area contributed by atoms with Gasteiger partial charge in [-0.1, -0.05) is 77.8 Å². The summed E-state index contributed by atoms with van der Waals surface area (Å²) in [5, 5.41) is 6.38. The molecule has 0 heterocycles. The van der Waals surface area contributed by atoms with Crippen molar-refractivity contribution in [2.45, 2.75) is 44.2 Å². The Balaban J connectivity index is 1.73. The lowest BCUT2D eigenvalue weighted by molar-refractivity contribution is -0.133. The van der Waals surface area contributed by atoms with E-state index in [1.807, 2.05) is 68.7 Å². The predicted molar refractivity (Wildman–Crippen MR) is 182 cm³/mol. The average molecular weight is 690 g/mol. The fourth-order valence-corrected chi connectivity index (χ4v) is 6.92. The molecule has 0 aliphatic rings. The monoisotopic (exact) mass is 688 g/mol. The molecule has 10 nitrogen and oxygen atoms in total. The van der Waals surface area contributed by atoms with Crippen LogP contribution in [-0.4, -0.2) is 81.2 Å². The third kappa shape index (κ3) is 11.2. The quantitative estimate of drug-likeness (QED) is 0.134. The van der Waals surface area contributed by atoms with Crippen LogP contribution in [0.3, 0.4) is 0 Å². The van der Waals surface area contributed by atoms with E-state index in [1.165, 1.54) is 12.1 Å². The second kappa shape index (κ2) is 18.1. The van der Waals surface area contributed by atoms with Crippen LogP contribution < -0.4 is 5.32 Å². The highest BCUT2D eigenvalue weighted by atomic mass is 35.5. The van der Waals surface area contributed by atoms with Gasteiger partial charge in [0.2, 0.25) is 21.8 Å². The molecule has 3 rings (SSSR count). The lowest BCUT2D eigenvalue weighted by atomic mass is 10.1. The van der Waals surface area contributed by atoms with Gasteiger partial charge in [-0.2, -0.15) is 9.42 Å². The number of unbranched alkanes of at least 4 members (excludes halogenated alkanes) is 1. The highest BCUT2D eigenvalue weighted by Crippen LogP contribution is 2.32. The summed E-state index contributed by atoms with van der Waals surface area (Å²) in [4.78, 5) is 30.2. The van der Waals surface area contributed by atoms with Crippen LogP contribution in [0.4, 0.5) is 0 Å². The Hall–Kier alpha value is -3.35. The molecule has 2 amide bonds. The molecule has 0 unspecified atom stereocenters. The van der Waals surface area contributed by atoms with Gasteiger partial charge in [-0.25, -0.2) is 13.9 Å². The molecule has 0 saturated heterocycles. The number of carbonyl (C=O) groups excluding carboxylic acids is 2. The molecule has 0 radical (unpaired) electrons. The third-order valence-electron chi connectivity index (χ3n) is 7.45. The maximum Gasteiger partial charge on any atom is 0.245 e. The van der Waals surface area contributed by atoms with Crippen molar-refractivity contribution in [3.8, 4) is 0 Å². The molecule has 13 heteroatoms. The Morgan fingerprint density at radius 1 is 0.870 bits per heavy atom. The van der Waals surface area contributed by atoms with E-state index in [0.717, 1.165) is 40.4 Å². The summed E-state index contributed by atoms with van der Waals surface area (Å²) in [7, 11) is -0.208. The van der Waals surface area contributed by atoms with Gasteiger partial charge in [0, 0.05) is 24.7 Å². The van der Waals surface area contributed by atoms with Crippen LogP contribution >= 0.6 is 23.2 Å². The second-order valence-corrected chi connectivity index (χ2v) is 14.0. The van der Waals surface area contributed by atoms with Crippen molar-refractivity contribution in [3.63, 3.8) is 0 Å². The number of amides is 2. The molecule has 0 aliphatic carbocycles. The number of carbonyl (C=O) groups is 2. The first kappa shape index (κ1) is 37.1. The number of rotatable bonds is 18. The molecular weight excluding hydrogens is 647 g/mol. The fourth-order valence-electron chi connectivity index (χ4n) is 4.74. The Labute approximate surface area is 282 Å². The van der Waals surface area contributed by atoms with E-state index in [4.69, 9.17) is 28.7 Å². The van der Waals surface area contributed by atoms with Crippen molar-refractivity contribution in [2.75, 3.05) is 46.8 Å². The van der Waals surface area contributed by atoms with Crippen LogP contribution in [0.1, 0.15) is 35.1 Å². The maximum absolute atomic E-state index is 13.8. The number of nitrogens with one attached hydrogen (secondary N) is 2. The zero-order chi connectivity index (χ0) is 33.7. The van der Waals surface area contributed by atoms with E-state index in [9.17, 15) is 18.0 Å². The molecule has 0 aliphatic heterocycles. The topological polar surface area (TPSA) is 126 Å². The number of benzene rings is 3. The second-order valence-electron chi connectivity index (χ2n) is 11.3. The Morgan fingerprint density at radius 3 is 2.17 bits per heavy atom. The van der Waals surface area contributed by atoms with Crippen LogP contribution in [0, 0.1) is 12.5 Å². The number of sulfonamides is 1. The number of hydrogen-bond donors (Lipinski definition) is 2. The third-order valence-corrected chi connectivity index (χ3v) is 10.3. The van der Waals surface area contributed by atoms with Gasteiger partial charge in [0.05, 0.1) is 24.7 Å². The molecule has 248 valence electrons. The van der Waals surface area contributed by atoms with Gasteiger partial charge in [0.25, 0.3) is 0 Å². The lowest BCUT2D eigenvalue weighted by Gasteiger charge is -2.25. The Morgan fingerprint density at radius 2 is 1.52 bits per heavy atom. The molecule has 2 N–H and O–H groups in total. The molecule has 0 saturated carbocycles. The average Bonchev–Trinajstić information content (AvgIpc) is 3.03. The van der Waals surface area contributed by atoms with E-state index < -0.39 is 22.5 Å². The number of nitrogens with zero attached hydrogens (tertiary/aromatic N) is 4. The minimum absolute atomic E-state index is 0.000160. The first-order valence-corrected chi connectivity index (χ1v) is 17.2. The number of hydrogen-bond acceptors (Lipinski definition) is 7. The summed E-state index contributed by atoms with van der Waals surface area (Å²) >= 11 is 12.6. The molecule has 0 aromatic heterocycles. The predicted octanol–water partition coefficient (Wildman–Crippen LogP) is 5.55. The highest BCUT2D eigenvalue weighted by molar-refractivity contribution is 7.89. The van der Waals surface area contributed by atoms with Gasteiger partial charge in [-0.3, -0.25) is 9.59 Å². The van der Waals surface area contributed by atoms with Crippen molar-refractivity contribution < 1.29 is 18.0 Å². The summed E-state index contributed by atoms with van der Waals surface area (Å²) < 4.78 is 28.7. The van der Waals surface area contributed by atoms with E-state index in [1.54, 1.807) is 11.8 Å². The molecular formula is C33H42Cl2N6O4S. The van der Waals surface area contributed by atoms with Crippen molar-refractivity contribution in [1.82, 2.24) is 19.4 Å². The maximum atomic E-state index is 13.8. The summed E-state index contributed by atoms with van der Waals surface area (Å²) in [6.45, 7) is 2.90. The molecule has 46 heavy (non-hydrogen) atoms. The van der Waals surface area contributed by atoms with Crippen molar-refractivity contribution in [2.24, 2.45) is 5.11 Å².